The summed E-state index contributed by atoms with van der Waals surface area (Å²) in [6, 6.07) is 11.8. The molecule has 3 rings (SSSR count). The van der Waals surface area contributed by atoms with Crippen LogP contribution in [0, 0.1) is 0 Å². The largest absolute Gasteiger partial charge is 0.497 e. The molecule has 1 heterocycles. The molecule has 8 heteroatoms. The molecule has 0 atom stereocenters. The molecule has 0 spiro atoms. The molecule has 0 N–H and O–H groups in total. The number of thioether (sulfide) groups is 1. The predicted molar refractivity (Wildman–Crippen MR) is 114 cm³/mol. The van der Waals surface area contributed by atoms with Crippen molar-refractivity contribution in [1.82, 2.24) is 4.90 Å². The van der Waals surface area contributed by atoms with E-state index in [0.717, 1.165) is 16.7 Å². The molecule has 1 saturated heterocycles. The van der Waals surface area contributed by atoms with Crippen LogP contribution in [0.15, 0.2) is 47.4 Å². The van der Waals surface area contributed by atoms with Crippen LogP contribution in [0.4, 0.5) is 4.79 Å². The van der Waals surface area contributed by atoms with E-state index in [2.05, 4.69) is 0 Å². The van der Waals surface area contributed by atoms with Crippen molar-refractivity contribution < 1.29 is 28.6 Å². The van der Waals surface area contributed by atoms with Gasteiger partial charge in [-0.15, -0.1) is 0 Å². The highest BCUT2D eigenvalue weighted by molar-refractivity contribution is 8.18. The molecule has 156 valence electrons. The second-order valence-corrected chi connectivity index (χ2v) is 7.22. The van der Waals surface area contributed by atoms with Gasteiger partial charge < -0.3 is 14.2 Å². The van der Waals surface area contributed by atoms with Crippen LogP contribution in [0.1, 0.15) is 22.8 Å². The number of Topliss-reactive ketones (excluding diaryl/α,β-unsaturated/α-hetero) is 1. The molecule has 1 fully saturated rings. The third-order valence-electron chi connectivity index (χ3n) is 4.39. The molecule has 7 nitrogen and oxygen atoms in total. The summed E-state index contributed by atoms with van der Waals surface area (Å²) in [6.45, 7) is 1.93. The number of benzene rings is 2. The van der Waals surface area contributed by atoms with Crippen LogP contribution < -0.4 is 14.2 Å². The molecular weight excluding hydrogens is 406 g/mol. The molecule has 1 aliphatic rings. The SMILES string of the molecule is CCOc1c(/C=C2\SC(=O)N(CC(=O)c3ccc(OC)cc3)C2=O)cccc1OC. The van der Waals surface area contributed by atoms with Crippen molar-refractivity contribution in [3.05, 3.63) is 58.5 Å². The third kappa shape index (κ3) is 4.49. The van der Waals surface area contributed by atoms with Crippen molar-refractivity contribution in [2.75, 3.05) is 27.4 Å². The van der Waals surface area contributed by atoms with Gasteiger partial charge in [0.25, 0.3) is 11.1 Å². The molecular formula is C22H21NO6S. The first-order valence-corrected chi connectivity index (χ1v) is 10.0. The predicted octanol–water partition coefficient (Wildman–Crippen LogP) is 4.02. The third-order valence-corrected chi connectivity index (χ3v) is 5.30. The number of methoxy groups -OCH3 is 2. The number of hydrogen-bond acceptors (Lipinski definition) is 7. The van der Waals surface area contributed by atoms with Crippen LogP contribution in [-0.4, -0.2) is 49.2 Å². The van der Waals surface area contributed by atoms with Gasteiger partial charge in [-0.3, -0.25) is 19.3 Å². The summed E-state index contributed by atoms with van der Waals surface area (Å²) >= 11 is 0.790. The molecule has 0 unspecified atom stereocenters. The number of carbonyl (C=O) groups excluding carboxylic acids is 3. The van der Waals surface area contributed by atoms with E-state index in [1.165, 1.54) is 14.2 Å². The molecule has 2 aromatic rings. The minimum Gasteiger partial charge on any atom is -0.497 e. The Balaban J connectivity index is 1.81. The first kappa shape index (κ1) is 21.4. The fourth-order valence-corrected chi connectivity index (χ4v) is 3.72. The van der Waals surface area contributed by atoms with Crippen LogP contribution in [0.5, 0.6) is 17.2 Å². The van der Waals surface area contributed by atoms with E-state index in [1.54, 1.807) is 48.5 Å². The maximum Gasteiger partial charge on any atom is 0.293 e. The molecule has 0 aliphatic carbocycles. The van der Waals surface area contributed by atoms with Gasteiger partial charge in [0.15, 0.2) is 17.3 Å². The van der Waals surface area contributed by atoms with E-state index in [9.17, 15) is 14.4 Å². The van der Waals surface area contributed by atoms with E-state index < -0.39 is 11.1 Å². The van der Waals surface area contributed by atoms with Gasteiger partial charge >= 0.3 is 0 Å². The lowest BCUT2D eigenvalue weighted by atomic mass is 10.1. The van der Waals surface area contributed by atoms with Gasteiger partial charge in [-0.1, -0.05) is 12.1 Å². The number of amides is 2. The Kier molecular flexibility index (Phi) is 6.79. The van der Waals surface area contributed by atoms with Crippen LogP contribution >= 0.6 is 11.8 Å². The minimum absolute atomic E-state index is 0.219. The van der Waals surface area contributed by atoms with Crippen LogP contribution in [-0.2, 0) is 4.79 Å². The van der Waals surface area contributed by atoms with Gasteiger partial charge in [0.05, 0.1) is 32.3 Å². The summed E-state index contributed by atoms with van der Waals surface area (Å²) < 4.78 is 16.0. The van der Waals surface area contributed by atoms with Crippen LogP contribution in [0.25, 0.3) is 6.08 Å². The zero-order valence-corrected chi connectivity index (χ0v) is 17.7. The summed E-state index contributed by atoms with van der Waals surface area (Å²) in [5.41, 5.74) is 1.01. The van der Waals surface area contributed by atoms with Gasteiger partial charge in [0.2, 0.25) is 0 Å². The molecule has 2 aromatic carbocycles. The van der Waals surface area contributed by atoms with Crippen LogP contribution in [0.3, 0.4) is 0 Å². The number of carbonyl (C=O) groups is 3. The van der Waals surface area contributed by atoms with Crippen molar-refractivity contribution in [1.29, 1.82) is 0 Å². The van der Waals surface area contributed by atoms with Crippen molar-refractivity contribution in [2.24, 2.45) is 0 Å². The van der Waals surface area contributed by atoms with Gasteiger partial charge in [-0.25, -0.2) is 0 Å². The number of imide groups is 1. The van der Waals surface area contributed by atoms with E-state index in [-0.39, 0.29) is 17.2 Å². The molecule has 0 bridgehead atoms. The maximum atomic E-state index is 12.8. The average Bonchev–Trinajstić information content (AvgIpc) is 3.02. The lowest BCUT2D eigenvalue weighted by molar-refractivity contribution is -0.122. The van der Waals surface area contributed by atoms with E-state index in [0.29, 0.717) is 35.0 Å². The standard InChI is InChI=1S/C22H21NO6S/c1-4-29-20-15(6-5-7-18(20)28-3)12-19-21(25)23(22(26)30-19)13-17(24)14-8-10-16(27-2)11-9-14/h5-12H,4,13H2,1-3H3/b19-12-. The number of ether oxygens (including phenoxy) is 3. The molecule has 2 amide bonds. The summed E-state index contributed by atoms with van der Waals surface area (Å²) in [7, 11) is 3.06. The smallest absolute Gasteiger partial charge is 0.293 e. The molecule has 1 aliphatic heterocycles. The van der Waals surface area contributed by atoms with Gasteiger partial charge in [-0.05, 0) is 55.1 Å². The van der Waals surface area contributed by atoms with E-state index >= 15 is 0 Å². The fraction of sp³-hybridized carbons (Fsp3) is 0.227. The van der Waals surface area contributed by atoms with Gasteiger partial charge in [0.1, 0.15) is 5.75 Å². The van der Waals surface area contributed by atoms with Crippen molar-refractivity contribution in [2.45, 2.75) is 6.92 Å². The monoisotopic (exact) mass is 427 g/mol. The van der Waals surface area contributed by atoms with Crippen molar-refractivity contribution >= 4 is 34.8 Å². The Hall–Kier alpha value is -3.26. The Morgan fingerprint density at radius 1 is 1.07 bits per heavy atom. The van der Waals surface area contributed by atoms with E-state index in [4.69, 9.17) is 14.2 Å². The van der Waals surface area contributed by atoms with Crippen LogP contribution in [0.2, 0.25) is 0 Å². The number of para-hydroxylation sites is 1. The first-order chi connectivity index (χ1) is 14.5. The number of hydrogen-bond donors (Lipinski definition) is 0. The Labute approximate surface area is 178 Å². The summed E-state index contributed by atoms with van der Waals surface area (Å²) in [5, 5.41) is -0.492. The fourth-order valence-electron chi connectivity index (χ4n) is 2.90. The van der Waals surface area contributed by atoms with Gasteiger partial charge in [-0.2, -0.15) is 0 Å². The van der Waals surface area contributed by atoms with Gasteiger partial charge in [0, 0.05) is 11.1 Å². The zero-order valence-electron chi connectivity index (χ0n) is 16.8. The molecule has 30 heavy (non-hydrogen) atoms. The number of rotatable bonds is 8. The molecule has 0 saturated carbocycles. The molecule has 0 aromatic heterocycles. The number of ketones is 1. The first-order valence-electron chi connectivity index (χ1n) is 9.21. The Bertz CT molecular complexity index is 999. The summed E-state index contributed by atoms with van der Waals surface area (Å²) in [5.74, 6) is 0.780. The molecule has 0 radical (unpaired) electrons. The van der Waals surface area contributed by atoms with Crippen molar-refractivity contribution in [3.63, 3.8) is 0 Å². The highest BCUT2D eigenvalue weighted by atomic mass is 32.2. The zero-order chi connectivity index (χ0) is 21.7. The minimum atomic E-state index is -0.517. The summed E-state index contributed by atoms with van der Waals surface area (Å²) in [6.07, 6.45) is 1.58. The topological polar surface area (TPSA) is 82.1 Å². The second-order valence-electron chi connectivity index (χ2n) is 6.23. The number of nitrogens with zero attached hydrogens (tertiary/aromatic N) is 1. The Morgan fingerprint density at radius 3 is 2.43 bits per heavy atom. The highest BCUT2D eigenvalue weighted by Gasteiger charge is 2.36. The normalized spacial score (nSPS) is 14.9. The maximum absolute atomic E-state index is 12.8. The van der Waals surface area contributed by atoms with E-state index in [1.807, 2.05) is 6.92 Å². The highest BCUT2D eigenvalue weighted by Crippen LogP contribution is 2.37. The summed E-state index contributed by atoms with van der Waals surface area (Å²) in [4.78, 5) is 38.9. The van der Waals surface area contributed by atoms with Crippen molar-refractivity contribution in [3.8, 4) is 17.2 Å². The average molecular weight is 427 g/mol. The lowest BCUT2D eigenvalue weighted by Crippen LogP contribution is -2.33. The Morgan fingerprint density at radius 2 is 1.80 bits per heavy atom. The lowest BCUT2D eigenvalue weighted by Gasteiger charge is -2.13. The second kappa shape index (κ2) is 9.49. The quantitative estimate of drug-likeness (QED) is 0.465.